The second-order valence-corrected chi connectivity index (χ2v) is 11.3. The van der Waals surface area contributed by atoms with Crippen LogP contribution in [0.15, 0.2) is 60.7 Å². The highest BCUT2D eigenvalue weighted by molar-refractivity contribution is 7.78. The van der Waals surface area contributed by atoms with Gasteiger partial charge < -0.3 is 19.1 Å². The first-order valence-corrected chi connectivity index (χ1v) is 14.6. The quantitative estimate of drug-likeness (QED) is 0.308. The second-order valence-electron chi connectivity index (χ2n) is 10.4. The van der Waals surface area contributed by atoms with Crippen molar-refractivity contribution in [3.8, 4) is 17.2 Å². The Hall–Kier alpha value is -3.20. The zero-order valence-electron chi connectivity index (χ0n) is 22.4. The van der Waals surface area contributed by atoms with Crippen molar-refractivity contribution in [1.29, 1.82) is 0 Å². The van der Waals surface area contributed by atoms with Crippen LogP contribution in [-0.4, -0.2) is 44.0 Å². The van der Waals surface area contributed by atoms with Crippen molar-refractivity contribution < 1.29 is 27.7 Å². The van der Waals surface area contributed by atoms with E-state index in [1.165, 1.54) is 18.9 Å². The van der Waals surface area contributed by atoms with E-state index in [-0.39, 0.29) is 11.3 Å². The lowest BCUT2D eigenvalue weighted by Crippen LogP contribution is -2.39. The molecule has 206 valence electrons. The summed E-state index contributed by atoms with van der Waals surface area (Å²) in [5, 5.41) is 10.1. The van der Waals surface area contributed by atoms with Crippen LogP contribution >= 0.6 is 0 Å². The molecule has 0 saturated carbocycles. The summed E-state index contributed by atoms with van der Waals surface area (Å²) in [7, 11) is 0. The molecule has 1 saturated heterocycles. The Bertz CT molecular complexity index is 1410. The van der Waals surface area contributed by atoms with E-state index in [0.717, 1.165) is 17.9 Å². The number of aromatic hydroxyl groups is 1. The summed E-state index contributed by atoms with van der Waals surface area (Å²) >= 11 is -2.06. The first-order chi connectivity index (χ1) is 18.7. The molecule has 0 amide bonds. The Balaban J connectivity index is 1.49. The Morgan fingerprint density at radius 1 is 1.15 bits per heavy atom. The maximum Gasteiger partial charge on any atom is 0.176 e. The van der Waals surface area contributed by atoms with Crippen LogP contribution in [0.4, 0.5) is 4.39 Å². The predicted molar refractivity (Wildman–Crippen MR) is 152 cm³/mol. The van der Waals surface area contributed by atoms with Gasteiger partial charge in [-0.15, -0.1) is 0 Å². The van der Waals surface area contributed by atoms with Gasteiger partial charge in [0.15, 0.2) is 22.6 Å². The molecule has 2 aliphatic rings. The highest BCUT2D eigenvalue weighted by atomic mass is 32.2. The monoisotopic (exact) mass is 551 g/mol. The number of nitrogens with zero attached hydrogens (tertiary/aromatic N) is 1. The first-order valence-electron chi connectivity index (χ1n) is 13.3. The SMILES string of the molecule is CC1=C(c2ccccc2CS(=O)O)C(c2ccc(OC[C@H](C)N3CCC[C@H]3C)cc2)Oc2ccc(O)c(F)c21. The van der Waals surface area contributed by atoms with Gasteiger partial charge in [-0.25, -0.2) is 8.60 Å². The van der Waals surface area contributed by atoms with Crippen LogP contribution in [0.5, 0.6) is 17.2 Å². The Kier molecular flexibility index (Phi) is 8.07. The molecule has 0 bridgehead atoms. The van der Waals surface area contributed by atoms with E-state index in [0.29, 0.717) is 46.7 Å². The van der Waals surface area contributed by atoms with Crippen LogP contribution in [0.1, 0.15) is 62.0 Å². The maximum absolute atomic E-state index is 15.1. The number of hydrogen-bond acceptors (Lipinski definition) is 5. The molecule has 1 fully saturated rings. The first kappa shape index (κ1) is 27.4. The molecule has 0 radical (unpaired) electrons. The van der Waals surface area contributed by atoms with Crippen molar-refractivity contribution >= 4 is 22.2 Å². The van der Waals surface area contributed by atoms with Crippen molar-refractivity contribution in [2.45, 2.75) is 57.6 Å². The lowest BCUT2D eigenvalue weighted by molar-refractivity contribution is 0.141. The lowest BCUT2D eigenvalue weighted by Gasteiger charge is -2.32. The molecular weight excluding hydrogens is 517 g/mol. The molecule has 3 aromatic carbocycles. The molecule has 3 aromatic rings. The van der Waals surface area contributed by atoms with Gasteiger partial charge in [-0.3, -0.25) is 4.90 Å². The van der Waals surface area contributed by atoms with E-state index in [1.807, 2.05) is 36.4 Å². The van der Waals surface area contributed by atoms with E-state index >= 15 is 4.39 Å². The van der Waals surface area contributed by atoms with Gasteiger partial charge in [0, 0.05) is 17.7 Å². The normalized spacial score (nSPS) is 20.8. The summed E-state index contributed by atoms with van der Waals surface area (Å²) in [6.45, 7) is 7.94. The number of allylic oxidation sites excluding steroid dienone is 1. The van der Waals surface area contributed by atoms with Gasteiger partial charge in [0.2, 0.25) is 0 Å². The number of phenols is 1. The van der Waals surface area contributed by atoms with Crippen LogP contribution in [0.3, 0.4) is 0 Å². The summed E-state index contributed by atoms with van der Waals surface area (Å²) in [6, 6.07) is 18.7. The fourth-order valence-electron chi connectivity index (χ4n) is 5.79. The molecule has 2 N–H and O–H groups in total. The number of ether oxygens (including phenoxy) is 2. The molecule has 8 heteroatoms. The van der Waals surface area contributed by atoms with Gasteiger partial charge in [0.25, 0.3) is 0 Å². The molecular formula is C31H34FNO5S. The van der Waals surface area contributed by atoms with Crippen LogP contribution in [-0.2, 0) is 16.8 Å². The minimum absolute atomic E-state index is 0.0738. The van der Waals surface area contributed by atoms with Crippen LogP contribution in [0.2, 0.25) is 0 Å². The van der Waals surface area contributed by atoms with Gasteiger partial charge in [0.1, 0.15) is 24.2 Å². The van der Waals surface area contributed by atoms with Gasteiger partial charge in [-0.05, 0) is 86.7 Å². The molecule has 5 rings (SSSR count). The average Bonchev–Trinajstić information content (AvgIpc) is 3.35. The second kappa shape index (κ2) is 11.5. The van der Waals surface area contributed by atoms with Gasteiger partial charge in [0.05, 0.1) is 11.3 Å². The summed E-state index contributed by atoms with van der Waals surface area (Å²) in [5.74, 6) is -0.209. The van der Waals surface area contributed by atoms with Gasteiger partial charge in [-0.2, -0.15) is 0 Å². The zero-order valence-corrected chi connectivity index (χ0v) is 23.2. The molecule has 0 aromatic heterocycles. The lowest BCUT2D eigenvalue weighted by atomic mass is 9.84. The Labute approximate surface area is 231 Å². The number of hydrogen-bond donors (Lipinski definition) is 2. The number of likely N-dealkylation sites (tertiary alicyclic amines) is 1. The van der Waals surface area contributed by atoms with E-state index in [4.69, 9.17) is 9.47 Å². The molecule has 2 aliphatic heterocycles. The molecule has 2 unspecified atom stereocenters. The van der Waals surface area contributed by atoms with E-state index < -0.39 is 28.8 Å². The molecule has 4 atom stereocenters. The Morgan fingerprint density at radius 2 is 1.90 bits per heavy atom. The predicted octanol–water partition coefficient (Wildman–Crippen LogP) is 6.57. The summed E-state index contributed by atoms with van der Waals surface area (Å²) in [6.07, 6.45) is 1.84. The molecule has 2 heterocycles. The minimum atomic E-state index is -2.06. The van der Waals surface area contributed by atoms with Gasteiger partial charge >= 0.3 is 0 Å². The standard InChI is InChI=1S/C31H34FNO5S/c1-19-7-6-16-33(19)20(2)17-37-24-12-10-22(11-13-24)31-28(25-9-5-4-8-23(25)18-39(35)36)21(3)29-27(38-31)15-14-26(34)30(29)32/h4-5,8-15,19-20,31,34H,6-7,16-18H2,1-3H3,(H,35,36)/t19-,20+,31?/m1/s1. The zero-order chi connectivity index (χ0) is 27.7. The topological polar surface area (TPSA) is 79.2 Å². The van der Waals surface area contributed by atoms with Crippen molar-refractivity contribution in [2.24, 2.45) is 0 Å². The largest absolute Gasteiger partial charge is 0.505 e. The molecule has 0 aliphatic carbocycles. The number of fused-ring (bicyclic) bond motifs is 1. The summed E-state index contributed by atoms with van der Waals surface area (Å²) in [5.41, 5.74) is 3.64. The van der Waals surface area contributed by atoms with E-state index in [2.05, 4.69) is 18.7 Å². The highest BCUT2D eigenvalue weighted by Crippen LogP contribution is 2.49. The smallest absolute Gasteiger partial charge is 0.176 e. The molecule has 0 spiro atoms. The van der Waals surface area contributed by atoms with E-state index in [1.54, 1.807) is 25.1 Å². The van der Waals surface area contributed by atoms with E-state index in [9.17, 15) is 13.9 Å². The van der Waals surface area contributed by atoms with Crippen LogP contribution in [0, 0.1) is 5.82 Å². The van der Waals surface area contributed by atoms with Gasteiger partial charge in [-0.1, -0.05) is 36.4 Å². The third-order valence-electron chi connectivity index (χ3n) is 7.80. The van der Waals surface area contributed by atoms with Crippen LogP contribution < -0.4 is 9.47 Å². The number of rotatable bonds is 8. The van der Waals surface area contributed by atoms with Crippen molar-refractivity contribution in [3.63, 3.8) is 0 Å². The fourth-order valence-corrected chi connectivity index (χ4v) is 6.31. The maximum atomic E-state index is 15.1. The van der Waals surface area contributed by atoms with Crippen molar-refractivity contribution in [3.05, 3.63) is 88.7 Å². The third-order valence-corrected chi connectivity index (χ3v) is 8.36. The van der Waals surface area contributed by atoms with Crippen molar-refractivity contribution in [1.82, 2.24) is 4.90 Å². The fraction of sp³-hybridized carbons (Fsp3) is 0.355. The number of halogens is 1. The van der Waals surface area contributed by atoms with Crippen molar-refractivity contribution in [2.75, 3.05) is 13.2 Å². The number of benzene rings is 3. The Morgan fingerprint density at radius 3 is 2.59 bits per heavy atom. The molecule has 39 heavy (non-hydrogen) atoms. The minimum Gasteiger partial charge on any atom is -0.505 e. The molecule has 6 nitrogen and oxygen atoms in total. The third kappa shape index (κ3) is 5.60. The highest BCUT2D eigenvalue weighted by Gasteiger charge is 2.33. The summed E-state index contributed by atoms with van der Waals surface area (Å²) in [4.78, 5) is 2.48. The van der Waals surface area contributed by atoms with Crippen LogP contribution in [0.25, 0.3) is 11.1 Å². The summed E-state index contributed by atoms with van der Waals surface area (Å²) < 4.78 is 49.0. The number of phenolic OH excluding ortho intramolecular Hbond substituents is 1. The average molecular weight is 552 g/mol.